The van der Waals surface area contributed by atoms with E-state index in [1.165, 1.54) is 6.42 Å². The highest BCUT2D eigenvalue weighted by atomic mass is 19.4. The average molecular weight is 676 g/mol. The number of morpholine rings is 1. The second-order valence-electron chi connectivity index (χ2n) is 9.16. The van der Waals surface area contributed by atoms with Gasteiger partial charge in [-0.25, -0.2) is 14.4 Å². The summed E-state index contributed by atoms with van der Waals surface area (Å²) in [5.74, 6) is -8.27. The Balaban J connectivity index is 0.000000753. The fourth-order valence-corrected chi connectivity index (χ4v) is 3.94. The highest BCUT2D eigenvalue weighted by Gasteiger charge is 2.43. The van der Waals surface area contributed by atoms with Crippen LogP contribution in [-0.2, 0) is 30.5 Å². The topological polar surface area (TPSA) is 150 Å². The van der Waals surface area contributed by atoms with Crippen LogP contribution in [0.15, 0.2) is 24.5 Å². The number of aliphatic carboxylic acids is 3. The molecule has 11 nitrogen and oxygen atoms in total. The number of carbonyl (C=O) groups is 3. The van der Waals surface area contributed by atoms with Crippen LogP contribution in [0.5, 0.6) is 0 Å². The molecule has 1 aromatic heterocycles. The molecule has 1 aliphatic heterocycles. The maximum atomic E-state index is 10.6. The van der Waals surface area contributed by atoms with Gasteiger partial charge in [-0.2, -0.15) is 39.5 Å². The maximum absolute atomic E-state index is 10.6. The van der Waals surface area contributed by atoms with Crippen molar-refractivity contribution in [1.29, 1.82) is 0 Å². The molecule has 2 heterocycles. The van der Waals surface area contributed by atoms with Crippen LogP contribution >= 0.6 is 0 Å². The Kier molecular flexibility index (Phi) is 17.9. The largest absolute Gasteiger partial charge is 0.490 e. The Morgan fingerprint density at radius 1 is 0.933 bits per heavy atom. The van der Waals surface area contributed by atoms with Gasteiger partial charge in [-0.15, -0.1) is 0 Å². The first kappa shape index (κ1) is 41.8. The van der Waals surface area contributed by atoms with E-state index in [4.69, 9.17) is 39.2 Å². The van der Waals surface area contributed by atoms with E-state index in [0.29, 0.717) is 12.6 Å². The molecule has 1 saturated carbocycles. The smallest absolute Gasteiger partial charge is 0.475 e. The number of halogens is 9. The van der Waals surface area contributed by atoms with Crippen molar-refractivity contribution in [2.75, 3.05) is 39.3 Å². The molecule has 3 N–H and O–H groups in total. The van der Waals surface area contributed by atoms with Crippen LogP contribution < -0.4 is 0 Å². The zero-order chi connectivity index (χ0) is 35.0. The number of alkyl halides is 9. The summed E-state index contributed by atoms with van der Waals surface area (Å²) in [6.45, 7) is 11.5. The standard InChI is InChI=1S/C19H31N3O2.3C2HF3O2/c1-3-21(4-2)10-11-22-12-13-23-19-17(22)7-8-18(19)24-15-16-6-5-9-20-14-16;3*3-2(4,5)1(6)7/h5-6,9,14,17-19H,3-4,7-8,10-13,15H2,1-2H3;3*(H,6,7)/t17-,18-,19+;;;/m0.../s1. The second-order valence-corrected chi connectivity index (χ2v) is 9.16. The zero-order valence-electron chi connectivity index (χ0n) is 24.0. The van der Waals surface area contributed by atoms with Crippen molar-refractivity contribution in [2.45, 2.75) is 70.1 Å². The van der Waals surface area contributed by atoms with Gasteiger partial charge < -0.3 is 29.7 Å². The predicted octanol–water partition coefficient (Wildman–Crippen LogP) is 4.07. The summed E-state index contributed by atoms with van der Waals surface area (Å²) in [5.41, 5.74) is 1.13. The molecule has 0 spiro atoms. The normalized spacial score (nSPS) is 20.0. The number of fused-ring (bicyclic) bond motifs is 1. The summed E-state index contributed by atoms with van der Waals surface area (Å²) in [4.78, 5) is 36.0. The highest BCUT2D eigenvalue weighted by molar-refractivity contribution is 5.73. The fraction of sp³-hybridized carbons (Fsp3) is 0.680. The number of hydrogen-bond donors (Lipinski definition) is 3. The summed E-state index contributed by atoms with van der Waals surface area (Å²) >= 11 is 0. The van der Waals surface area contributed by atoms with Crippen molar-refractivity contribution in [3.63, 3.8) is 0 Å². The SMILES string of the molecule is CCN(CC)CCN1CCO[C@H]2[C@@H](OCc3cccnc3)CC[C@@H]21.O=C(O)C(F)(F)F.O=C(O)C(F)(F)F.O=C(O)C(F)(F)F. The molecule has 0 unspecified atom stereocenters. The summed E-state index contributed by atoms with van der Waals surface area (Å²) in [7, 11) is 0. The van der Waals surface area contributed by atoms with Crippen LogP contribution in [0.2, 0.25) is 0 Å². The number of aromatic nitrogens is 1. The molecule has 0 amide bonds. The number of ether oxygens (including phenoxy) is 2. The Labute approximate surface area is 251 Å². The molecule has 1 saturated heterocycles. The van der Waals surface area contributed by atoms with Gasteiger partial charge in [-0.05, 0) is 37.6 Å². The predicted molar refractivity (Wildman–Crippen MR) is 136 cm³/mol. The minimum atomic E-state index is -5.08. The third-order valence-corrected chi connectivity index (χ3v) is 6.16. The Morgan fingerprint density at radius 2 is 1.42 bits per heavy atom. The molecule has 2 fully saturated rings. The molecule has 260 valence electrons. The third kappa shape index (κ3) is 17.2. The molecular formula is C25H34F9N3O8. The van der Waals surface area contributed by atoms with Gasteiger partial charge in [-0.3, -0.25) is 9.88 Å². The Morgan fingerprint density at radius 3 is 1.82 bits per heavy atom. The lowest BCUT2D eigenvalue weighted by Gasteiger charge is -2.39. The molecule has 45 heavy (non-hydrogen) atoms. The summed E-state index contributed by atoms with van der Waals surface area (Å²) < 4.78 is 107. The molecule has 3 atom stereocenters. The van der Waals surface area contributed by atoms with Gasteiger partial charge >= 0.3 is 36.4 Å². The van der Waals surface area contributed by atoms with Gasteiger partial charge in [0.1, 0.15) is 0 Å². The minimum absolute atomic E-state index is 0.214. The molecule has 1 aromatic rings. The Bertz CT molecular complexity index is 967. The van der Waals surface area contributed by atoms with Crippen LogP contribution in [0.25, 0.3) is 0 Å². The molecular weight excluding hydrogens is 641 g/mol. The summed E-state index contributed by atoms with van der Waals surface area (Å²) in [6.07, 6.45) is -8.85. The van der Waals surface area contributed by atoms with E-state index < -0.39 is 36.4 Å². The molecule has 0 aromatic carbocycles. The van der Waals surface area contributed by atoms with E-state index in [2.05, 4.69) is 34.7 Å². The van der Waals surface area contributed by atoms with E-state index in [9.17, 15) is 39.5 Å². The number of nitrogens with zero attached hydrogens (tertiary/aromatic N) is 3. The van der Waals surface area contributed by atoms with Crippen molar-refractivity contribution in [2.24, 2.45) is 0 Å². The van der Waals surface area contributed by atoms with Crippen LogP contribution in [0.4, 0.5) is 39.5 Å². The van der Waals surface area contributed by atoms with Crippen molar-refractivity contribution in [3.8, 4) is 0 Å². The van der Waals surface area contributed by atoms with Gasteiger partial charge in [0.2, 0.25) is 0 Å². The lowest BCUT2D eigenvalue weighted by atomic mass is 10.1. The van der Waals surface area contributed by atoms with E-state index >= 15 is 0 Å². The quantitative estimate of drug-likeness (QED) is 0.343. The highest BCUT2D eigenvalue weighted by Crippen LogP contribution is 2.32. The number of carboxylic acids is 3. The number of hydrogen-bond acceptors (Lipinski definition) is 8. The molecule has 20 heteroatoms. The van der Waals surface area contributed by atoms with Crippen molar-refractivity contribution < 1.29 is 78.7 Å². The number of likely N-dealkylation sites (N-methyl/N-ethyl adjacent to an activating group) is 1. The van der Waals surface area contributed by atoms with E-state index in [-0.39, 0.29) is 12.2 Å². The first-order valence-corrected chi connectivity index (χ1v) is 13.1. The molecule has 3 rings (SSSR count). The molecule has 0 radical (unpaired) electrons. The summed E-state index contributed by atoms with van der Waals surface area (Å²) in [6, 6.07) is 4.55. The summed E-state index contributed by atoms with van der Waals surface area (Å²) in [5, 5.41) is 21.4. The fourth-order valence-electron chi connectivity index (χ4n) is 3.94. The zero-order valence-corrected chi connectivity index (χ0v) is 24.0. The monoisotopic (exact) mass is 675 g/mol. The minimum Gasteiger partial charge on any atom is -0.475 e. The van der Waals surface area contributed by atoms with Crippen LogP contribution in [0.3, 0.4) is 0 Å². The van der Waals surface area contributed by atoms with Gasteiger partial charge in [0.05, 0.1) is 25.4 Å². The van der Waals surface area contributed by atoms with Crippen LogP contribution in [-0.4, -0.2) is 124 Å². The van der Waals surface area contributed by atoms with Crippen molar-refractivity contribution >= 4 is 17.9 Å². The lowest BCUT2D eigenvalue weighted by molar-refractivity contribution is -0.193. The van der Waals surface area contributed by atoms with Gasteiger partial charge in [0.25, 0.3) is 0 Å². The van der Waals surface area contributed by atoms with Gasteiger partial charge in [0, 0.05) is 38.1 Å². The lowest BCUT2D eigenvalue weighted by Crippen LogP contribution is -2.53. The van der Waals surface area contributed by atoms with Crippen molar-refractivity contribution in [1.82, 2.24) is 14.8 Å². The number of carboxylic acid groups (broad SMARTS) is 3. The average Bonchev–Trinajstić information content (AvgIpc) is 3.36. The first-order valence-electron chi connectivity index (χ1n) is 13.1. The van der Waals surface area contributed by atoms with Gasteiger partial charge in [-0.1, -0.05) is 19.9 Å². The second kappa shape index (κ2) is 19.3. The Hall–Kier alpha value is -3.23. The van der Waals surface area contributed by atoms with E-state index in [1.807, 2.05) is 12.3 Å². The first-order chi connectivity index (χ1) is 20.6. The number of rotatable bonds is 8. The van der Waals surface area contributed by atoms with E-state index in [1.54, 1.807) is 6.20 Å². The third-order valence-electron chi connectivity index (χ3n) is 6.16. The molecule has 2 aliphatic rings. The molecule has 0 bridgehead atoms. The van der Waals surface area contributed by atoms with Crippen LogP contribution in [0.1, 0.15) is 32.3 Å². The van der Waals surface area contributed by atoms with E-state index in [0.717, 1.165) is 51.3 Å². The maximum Gasteiger partial charge on any atom is 0.490 e. The number of pyridine rings is 1. The molecule has 1 aliphatic carbocycles. The van der Waals surface area contributed by atoms with Crippen molar-refractivity contribution in [3.05, 3.63) is 30.1 Å². The van der Waals surface area contributed by atoms with Crippen LogP contribution in [0, 0.1) is 0 Å². The van der Waals surface area contributed by atoms with Gasteiger partial charge in [0.15, 0.2) is 0 Å².